The summed E-state index contributed by atoms with van der Waals surface area (Å²) in [7, 11) is 0. The second kappa shape index (κ2) is 6.49. The Bertz CT molecular complexity index is 577. The quantitative estimate of drug-likeness (QED) is 0.912. The molecule has 1 unspecified atom stereocenters. The second-order valence-corrected chi connectivity index (χ2v) is 5.07. The molecular weight excluding hydrogens is 266 g/mol. The summed E-state index contributed by atoms with van der Waals surface area (Å²) >= 11 is 0. The van der Waals surface area contributed by atoms with Crippen LogP contribution in [-0.4, -0.2) is 40.6 Å². The zero-order chi connectivity index (χ0) is 14.5. The lowest BCUT2D eigenvalue weighted by molar-refractivity contribution is 0.287. The molecule has 21 heavy (non-hydrogen) atoms. The van der Waals surface area contributed by atoms with E-state index in [0.29, 0.717) is 18.5 Å². The SMILES string of the molecule is CC1CNCCN1c1cncc(OCc2ccccn2)n1. The standard InChI is InChI=1S/C15H19N5O/c1-12-8-16-6-7-20(12)14-9-17-10-15(19-14)21-11-13-4-2-3-5-18-13/h2-5,9-10,12,16H,6-8,11H2,1H3. The van der Waals surface area contributed by atoms with Gasteiger partial charge in [-0.15, -0.1) is 0 Å². The molecule has 0 saturated carbocycles. The summed E-state index contributed by atoms with van der Waals surface area (Å²) in [5.74, 6) is 1.39. The highest BCUT2D eigenvalue weighted by Crippen LogP contribution is 2.18. The Kier molecular flexibility index (Phi) is 4.25. The minimum atomic E-state index is 0.399. The zero-order valence-corrected chi connectivity index (χ0v) is 12.1. The van der Waals surface area contributed by atoms with Gasteiger partial charge in [-0.1, -0.05) is 6.07 Å². The molecule has 0 bridgehead atoms. The van der Waals surface area contributed by atoms with Gasteiger partial charge in [-0.2, -0.15) is 4.98 Å². The molecule has 0 aromatic carbocycles. The minimum Gasteiger partial charge on any atom is -0.470 e. The van der Waals surface area contributed by atoms with Gasteiger partial charge in [-0.05, 0) is 19.1 Å². The van der Waals surface area contributed by atoms with Crippen LogP contribution in [0.3, 0.4) is 0 Å². The first-order chi connectivity index (χ1) is 10.3. The molecule has 2 aromatic heterocycles. The van der Waals surface area contributed by atoms with Crippen molar-refractivity contribution in [2.24, 2.45) is 0 Å². The van der Waals surface area contributed by atoms with Gasteiger partial charge in [0, 0.05) is 31.9 Å². The Morgan fingerprint density at radius 1 is 1.38 bits per heavy atom. The maximum atomic E-state index is 5.68. The molecule has 1 N–H and O–H groups in total. The van der Waals surface area contributed by atoms with E-state index in [1.807, 2.05) is 18.2 Å². The van der Waals surface area contributed by atoms with E-state index >= 15 is 0 Å². The summed E-state index contributed by atoms with van der Waals surface area (Å²) in [6, 6.07) is 6.15. The van der Waals surface area contributed by atoms with Gasteiger partial charge in [-0.25, -0.2) is 0 Å². The topological polar surface area (TPSA) is 63.2 Å². The summed E-state index contributed by atoms with van der Waals surface area (Å²) in [4.78, 5) is 15.3. The molecule has 1 saturated heterocycles. The van der Waals surface area contributed by atoms with Crippen molar-refractivity contribution in [1.82, 2.24) is 20.3 Å². The predicted octanol–water partition coefficient (Wildman–Crippen LogP) is 1.25. The largest absolute Gasteiger partial charge is 0.470 e. The van der Waals surface area contributed by atoms with Crippen LogP contribution >= 0.6 is 0 Å². The highest BCUT2D eigenvalue weighted by atomic mass is 16.5. The van der Waals surface area contributed by atoms with Crippen molar-refractivity contribution in [3.8, 4) is 5.88 Å². The van der Waals surface area contributed by atoms with Gasteiger partial charge < -0.3 is 15.0 Å². The number of hydrogen-bond acceptors (Lipinski definition) is 6. The fourth-order valence-corrected chi connectivity index (χ4v) is 2.36. The van der Waals surface area contributed by atoms with Crippen LogP contribution in [0.2, 0.25) is 0 Å². The number of hydrogen-bond donors (Lipinski definition) is 1. The van der Waals surface area contributed by atoms with E-state index < -0.39 is 0 Å². The molecule has 1 atom stereocenters. The lowest BCUT2D eigenvalue weighted by atomic mass is 10.2. The maximum absolute atomic E-state index is 5.68. The Morgan fingerprint density at radius 3 is 3.14 bits per heavy atom. The van der Waals surface area contributed by atoms with Crippen molar-refractivity contribution < 1.29 is 4.74 Å². The fraction of sp³-hybridized carbons (Fsp3) is 0.400. The summed E-state index contributed by atoms with van der Waals surface area (Å²) in [5.41, 5.74) is 0.875. The molecule has 1 aliphatic rings. The van der Waals surface area contributed by atoms with Crippen molar-refractivity contribution in [1.29, 1.82) is 0 Å². The van der Waals surface area contributed by atoms with Crippen molar-refractivity contribution in [3.63, 3.8) is 0 Å². The normalized spacial score (nSPS) is 18.5. The van der Waals surface area contributed by atoms with Crippen molar-refractivity contribution in [2.75, 3.05) is 24.5 Å². The number of rotatable bonds is 4. The third-order valence-electron chi connectivity index (χ3n) is 3.49. The van der Waals surface area contributed by atoms with Crippen LogP contribution in [0.25, 0.3) is 0 Å². The van der Waals surface area contributed by atoms with Gasteiger partial charge in [0.15, 0.2) is 5.82 Å². The summed E-state index contributed by atoms with van der Waals surface area (Å²) in [5, 5.41) is 3.37. The predicted molar refractivity (Wildman–Crippen MR) is 80.3 cm³/mol. The molecule has 1 fully saturated rings. The molecule has 110 valence electrons. The number of aromatic nitrogens is 3. The van der Waals surface area contributed by atoms with Crippen LogP contribution in [0.5, 0.6) is 5.88 Å². The summed E-state index contributed by atoms with van der Waals surface area (Å²) in [6.45, 7) is 5.43. The van der Waals surface area contributed by atoms with Crippen LogP contribution in [0.15, 0.2) is 36.8 Å². The van der Waals surface area contributed by atoms with E-state index in [2.05, 4.69) is 32.1 Å². The van der Waals surface area contributed by atoms with E-state index in [4.69, 9.17) is 4.74 Å². The summed E-state index contributed by atoms with van der Waals surface area (Å²) < 4.78 is 5.68. The van der Waals surface area contributed by atoms with Crippen LogP contribution in [0.4, 0.5) is 5.82 Å². The number of anilines is 1. The van der Waals surface area contributed by atoms with Crippen molar-refractivity contribution >= 4 is 5.82 Å². The van der Waals surface area contributed by atoms with Gasteiger partial charge in [0.05, 0.1) is 18.1 Å². The Morgan fingerprint density at radius 2 is 2.33 bits per heavy atom. The van der Waals surface area contributed by atoms with Gasteiger partial charge in [0.1, 0.15) is 6.61 Å². The lowest BCUT2D eigenvalue weighted by Crippen LogP contribution is -2.50. The van der Waals surface area contributed by atoms with E-state index in [1.165, 1.54) is 0 Å². The molecule has 0 radical (unpaired) electrons. The Labute approximate surface area is 124 Å². The molecule has 3 rings (SSSR count). The molecule has 3 heterocycles. The first kappa shape index (κ1) is 13.8. The Balaban J connectivity index is 1.68. The van der Waals surface area contributed by atoms with Crippen LogP contribution in [0.1, 0.15) is 12.6 Å². The minimum absolute atomic E-state index is 0.399. The van der Waals surface area contributed by atoms with Crippen molar-refractivity contribution in [3.05, 3.63) is 42.5 Å². The molecule has 0 spiro atoms. The third-order valence-corrected chi connectivity index (χ3v) is 3.49. The lowest BCUT2D eigenvalue weighted by Gasteiger charge is -2.34. The highest BCUT2D eigenvalue weighted by molar-refractivity contribution is 5.39. The highest BCUT2D eigenvalue weighted by Gasteiger charge is 2.19. The van der Waals surface area contributed by atoms with Crippen LogP contribution in [0, 0.1) is 0 Å². The fourth-order valence-electron chi connectivity index (χ4n) is 2.36. The number of ether oxygens (including phenoxy) is 1. The maximum Gasteiger partial charge on any atom is 0.234 e. The van der Waals surface area contributed by atoms with Gasteiger partial charge >= 0.3 is 0 Å². The zero-order valence-electron chi connectivity index (χ0n) is 12.1. The van der Waals surface area contributed by atoms with E-state index in [1.54, 1.807) is 18.6 Å². The van der Waals surface area contributed by atoms with Crippen LogP contribution < -0.4 is 15.0 Å². The number of piperazine rings is 1. The molecule has 0 aliphatic carbocycles. The molecule has 1 aliphatic heterocycles. The van der Waals surface area contributed by atoms with Crippen LogP contribution in [-0.2, 0) is 6.61 Å². The first-order valence-electron chi connectivity index (χ1n) is 7.15. The molecular formula is C15H19N5O. The average molecular weight is 285 g/mol. The van der Waals surface area contributed by atoms with E-state index in [-0.39, 0.29) is 0 Å². The van der Waals surface area contributed by atoms with Gasteiger partial charge in [0.25, 0.3) is 0 Å². The molecule has 0 amide bonds. The number of nitrogens with zero attached hydrogens (tertiary/aromatic N) is 4. The summed E-state index contributed by atoms with van der Waals surface area (Å²) in [6.07, 6.45) is 5.18. The monoisotopic (exact) mass is 285 g/mol. The average Bonchev–Trinajstić information content (AvgIpc) is 2.55. The van der Waals surface area contributed by atoms with Gasteiger partial charge in [-0.3, -0.25) is 9.97 Å². The third kappa shape index (κ3) is 3.46. The van der Waals surface area contributed by atoms with E-state index in [0.717, 1.165) is 31.1 Å². The molecule has 6 nitrogen and oxygen atoms in total. The molecule has 6 heteroatoms. The Hall–Kier alpha value is -2.21. The van der Waals surface area contributed by atoms with Gasteiger partial charge in [0.2, 0.25) is 5.88 Å². The van der Waals surface area contributed by atoms with Crippen molar-refractivity contribution in [2.45, 2.75) is 19.6 Å². The second-order valence-electron chi connectivity index (χ2n) is 5.07. The number of pyridine rings is 1. The smallest absolute Gasteiger partial charge is 0.234 e. The first-order valence-corrected chi connectivity index (χ1v) is 7.15. The molecule has 2 aromatic rings. The van der Waals surface area contributed by atoms with E-state index in [9.17, 15) is 0 Å². The number of nitrogens with one attached hydrogen (secondary N) is 1.